The number of nitro groups is 1. The van der Waals surface area contributed by atoms with Crippen LogP contribution in [0.5, 0.6) is 5.75 Å². The molecule has 140 valence electrons. The summed E-state index contributed by atoms with van der Waals surface area (Å²) >= 11 is 3.15. The van der Waals surface area contributed by atoms with Crippen molar-refractivity contribution < 1.29 is 14.5 Å². The summed E-state index contributed by atoms with van der Waals surface area (Å²) in [5.74, 6) is -0.221. The first kappa shape index (κ1) is 19.0. The molecule has 0 unspecified atom stereocenters. The Morgan fingerprint density at radius 1 is 1.33 bits per heavy atom. The van der Waals surface area contributed by atoms with Crippen LogP contribution in [0.3, 0.4) is 0 Å². The van der Waals surface area contributed by atoms with Crippen LogP contribution in [-0.4, -0.2) is 22.4 Å². The monoisotopic (exact) mass is 403 g/mol. The molecule has 3 aromatic rings. The molecule has 1 N–H and O–H groups in total. The van der Waals surface area contributed by atoms with Gasteiger partial charge in [0.05, 0.1) is 33.7 Å². The van der Waals surface area contributed by atoms with Crippen LogP contribution < -0.4 is 10.1 Å². The standard InChI is InChI=1S/C18H17N3O4S2/c1-3-25-16-6-4-12(8-15(16)21(23)24)18(22)19-9-13-5-7-17(27-13)14-10-26-11(2)20-14/h4-8,10H,3,9H2,1-2H3,(H,19,22). The molecule has 7 nitrogen and oxygen atoms in total. The minimum Gasteiger partial charge on any atom is -0.487 e. The number of rotatable bonds is 7. The highest BCUT2D eigenvalue weighted by atomic mass is 32.1. The van der Waals surface area contributed by atoms with Crippen LogP contribution >= 0.6 is 22.7 Å². The molecule has 0 saturated heterocycles. The lowest BCUT2D eigenvalue weighted by atomic mass is 10.1. The first-order valence-corrected chi connectivity index (χ1v) is 9.88. The number of nitrogens with zero attached hydrogens (tertiary/aromatic N) is 2. The molecule has 0 aliphatic carbocycles. The van der Waals surface area contributed by atoms with Gasteiger partial charge in [-0.1, -0.05) is 0 Å². The Kier molecular flexibility index (Phi) is 5.82. The average Bonchev–Trinajstić information content (AvgIpc) is 3.29. The van der Waals surface area contributed by atoms with Crippen molar-refractivity contribution in [3.05, 3.63) is 61.3 Å². The smallest absolute Gasteiger partial charge is 0.311 e. The number of nitrogens with one attached hydrogen (secondary N) is 1. The molecule has 3 rings (SSSR count). The van der Waals surface area contributed by atoms with Crippen molar-refractivity contribution >= 4 is 34.3 Å². The molecule has 27 heavy (non-hydrogen) atoms. The number of carbonyl (C=O) groups is 1. The Hall–Kier alpha value is -2.78. The Balaban J connectivity index is 1.68. The third-order valence-electron chi connectivity index (χ3n) is 3.67. The highest BCUT2D eigenvalue weighted by Crippen LogP contribution is 2.30. The molecule has 0 aliphatic rings. The zero-order chi connectivity index (χ0) is 19.4. The van der Waals surface area contributed by atoms with Crippen LogP contribution in [0.1, 0.15) is 27.2 Å². The maximum atomic E-state index is 12.4. The molecule has 0 atom stereocenters. The summed E-state index contributed by atoms with van der Waals surface area (Å²) in [6.07, 6.45) is 0. The van der Waals surface area contributed by atoms with Crippen molar-refractivity contribution in [3.63, 3.8) is 0 Å². The number of carbonyl (C=O) groups excluding carboxylic acids is 1. The van der Waals surface area contributed by atoms with E-state index in [-0.39, 0.29) is 22.9 Å². The molecule has 0 saturated carbocycles. The third kappa shape index (κ3) is 4.50. The van der Waals surface area contributed by atoms with Crippen molar-refractivity contribution in [3.8, 4) is 16.3 Å². The molecule has 1 aromatic carbocycles. The van der Waals surface area contributed by atoms with Gasteiger partial charge in [-0.25, -0.2) is 4.98 Å². The van der Waals surface area contributed by atoms with Crippen LogP contribution in [0.15, 0.2) is 35.7 Å². The SMILES string of the molecule is CCOc1ccc(C(=O)NCc2ccc(-c3csc(C)n3)s2)cc1[N+](=O)[O-]. The first-order valence-electron chi connectivity index (χ1n) is 8.18. The predicted octanol–water partition coefficient (Wildman–Crippen LogP) is 4.42. The van der Waals surface area contributed by atoms with Gasteiger partial charge in [-0.3, -0.25) is 14.9 Å². The number of nitro benzene ring substituents is 1. The molecular weight excluding hydrogens is 386 g/mol. The Bertz CT molecular complexity index is 981. The molecule has 0 radical (unpaired) electrons. The maximum absolute atomic E-state index is 12.4. The quantitative estimate of drug-likeness (QED) is 0.465. The fraction of sp³-hybridized carbons (Fsp3) is 0.222. The van der Waals surface area contributed by atoms with Gasteiger partial charge < -0.3 is 10.1 Å². The first-order chi connectivity index (χ1) is 13.0. The predicted molar refractivity (Wildman–Crippen MR) is 106 cm³/mol. The number of hydrogen-bond donors (Lipinski definition) is 1. The van der Waals surface area contributed by atoms with Gasteiger partial charge >= 0.3 is 5.69 Å². The largest absolute Gasteiger partial charge is 0.487 e. The minimum atomic E-state index is -0.552. The number of hydrogen-bond acceptors (Lipinski definition) is 7. The van der Waals surface area contributed by atoms with Crippen LogP contribution in [0.25, 0.3) is 10.6 Å². The lowest BCUT2D eigenvalue weighted by molar-refractivity contribution is -0.385. The lowest BCUT2D eigenvalue weighted by Crippen LogP contribution is -2.22. The normalized spacial score (nSPS) is 10.6. The second-order valence-electron chi connectivity index (χ2n) is 5.57. The summed E-state index contributed by atoms with van der Waals surface area (Å²) in [4.78, 5) is 29.5. The van der Waals surface area contributed by atoms with E-state index >= 15 is 0 Å². The molecule has 1 amide bonds. The van der Waals surface area contributed by atoms with E-state index in [0.717, 1.165) is 20.5 Å². The van der Waals surface area contributed by atoms with Gasteiger partial charge in [0.15, 0.2) is 5.75 Å². The van der Waals surface area contributed by atoms with Crippen LogP contribution in [0.2, 0.25) is 0 Å². The number of amides is 1. The molecule has 0 spiro atoms. The van der Waals surface area contributed by atoms with Gasteiger partial charge in [0.2, 0.25) is 0 Å². The van der Waals surface area contributed by atoms with Crippen LogP contribution in [0.4, 0.5) is 5.69 Å². The van der Waals surface area contributed by atoms with Crippen molar-refractivity contribution in [1.82, 2.24) is 10.3 Å². The molecule has 0 bridgehead atoms. The summed E-state index contributed by atoms with van der Waals surface area (Å²) in [5.41, 5.74) is 0.932. The summed E-state index contributed by atoms with van der Waals surface area (Å²) in [6.45, 7) is 4.35. The zero-order valence-electron chi connectivity index (χ0n) is 14.7. The highest BCUT2D eigenvalue weighted by Gasteiger charge is 2.18. The number of aryl methyl sites for hydroxylation is 1. The third-order valence-corrected chi connectivity index (χ3v) is 5.56. The van der Waals surface area contributed by atoms with Crippen molar-refractivity contribution in [2.24, 2.45) is 0 Å². The molecule has 9 heteroatoms. The number of ether oxygens (including phenoxy) is 1. The molecular formula is C18H17N3O4S2. The van der Waals surface area contributed by atoms with Gasteiger partial charge in [-0.15, -0.1) is 22.7 Å². The lowest BCUT2D eigenvalue weighted by Gasteiger charge is -2.07. The Morgan fingerprint density at radius 3 is 2.81 bits per heavy atom. The maximum Gasteiger partial charge on any atom is 0.311 e. The molecule has 0 fully saturated rings. The van der Waals surface area contributed by atoms with Crippen molar-refractivity contribution in [2.45, 2.75) is 20.4 Å². The summed E-state index contributed by atoms with van der Waals surface area (Å²) in [7, 11) is 0. The van der Waals surface area contributed by atoms with Gasteiger partial charge in [0, 0.05) is 21.9 Å². The minimum absolute atomic E-state index is 0.153. The summed E-state index contributed by atoms with van der Waals surface area (Å²) < 4.78 is 5.23. The number of aromatic nitrogens is 1. The van der Waals surface area contributed by atoms with E-state index in [1.165, 1.54) is 18.2 Å². The second kappa shape index (κ2) is 8.28. The van der Waals surface area contributed by atoms with Gasteiger partial charge in [0.25, 0.3) is 5.91 Å². The van der Waals surface area contributed by atoms with E-state index in [9.17, 15) is 14.9 Å². The zero-order valence-corrected chi connectivity index (χ0v) is 16.4. The van der Waals surface area contributed by atoms with Crippen molar-refractivity contribution in [1.29, 1.82) is 0 Å². The highest BCUT2D eigenvalue weighted by molar-refractivity contribution is 7.16. The fourth-order valence-electron chi connectivity index (χ4n) is 2.44. The Labute approximate surface area is 163 Å². The van der Waals surface area contributed by atoms with E-state index < -0.39 is 4.92 Å². The van der Waals surface area contributed by atoms with Crippen molar-refractivity contribution in [2.75, 3.05) is 6.61 Å². The Morgan fingerprint density at radius 2 is 2.15 bits per heavy atom. The summed E-state index contributed by atoms with van der Waals surface area (Å²) in [5, 5.41) is 17.0. The van der Waals surface area contributed by atoms with E-state index in [4.69, 9.17) is 4.74 Å². The van der Waals surface area contributed by atoms with E-state index in [1.807, 2.05) is 24.4 Å². The number of thiophene rings is 1. The second-order valence-corrected chi connectivity index (χ2v) is 7.80. The number of thiazole rings is 1. The summed E-state index contributed by atoms with van der Waals surface area (Å²) in [6, 6.07) is 8.12. The van der Waals surface area contributed by atoms with E-state index in [0.29, 0.717) is 13.2 Å². The van der Waals surface area contributed by atoms with E-state index in [1.54, 1.807) is 29.6 Å². The fourth-order valence-corrected chi connectivity index (χ4v) is 4.03. The average molecular weight is 403 g/mol. The van der Waals surface area contributed by atoms with Gasteiger partial charge in [-0.05, 0) is 38.1 Å². The molecule has 2 aromatic heterocycles. The van der Waals surface area contributed by atoms with Crippen LogP contribution in [0, 0.1) is 17.0 Å². The molecule has 0 aliphatic heterocycles. The van der Waals surface area contributed by atoms with Crippen LogP contribution in [-0.2, 0) is 6.54 Å². The topological polar surface area (TPSA) is 94.4 Å². The molecule has 2 heterocycles. The van der Waals surface area contributed by atoms with E-state index in [2.05, 4.69) is 10.3 Å². The number of benzene rings is 1. The van der Waals surface area contributed by atoms with Gasteiger partial charge in [-0.2, -0.15) is 0 Å². The van der Waals surface area contributed by atoms with Gasteiger partial charge in [0.1, 0.15) is 0 Å².